The van der Waals surface area contributed by atoms with Gasteiger partial charge < -0.3 is 15.4 Å². The number of amides is 1. The van der Waals surface area contributed by atoms with Crippen LogP contribution in [0.2, 0.25) is 0 Å². The van der Waals surface area contributed by atoms with E-state index in [1.165, 1.54) is 0 Å². The summed E-state index contributed by atoms with van der Waals surface area (Å²) in [6, 6.07) is 7.87. The molecule has 1 aromatic carbocycles. The quantitative estimate of drug-likeness (QED) is 0.584. The summed E-state index contributed by atoms with van der Waals surface area (Å²) in [6.07, 6.45) is 0.838. The largest absolute Gasteiger partial charge is 0.385 e. The minimum atomic E-state index is 0.000700. The van der Waals surface area contributed by atoms with Crippen LogP contribution in [0.4, 0.5) is 5.69 Å². The van der Waals surface area contributed by atoms with Gasteiger partial charge in [-0.05, 0) is 41.1 Å². The van der Waals surface area contributed by atoms with Gasteiger partial charge in [0.2, 0.25) is 5.91 Å². The molecule has 0 atom stereocenters. The Labute approximate surface area is 115 Å². The third-order valence-corrected chi connectivity index (χ3v) is 3.10. The highest BCUT2D eigenvalue weighted by molar-refractivity contribution is 14.1. The number of carbonyl (C=O) groups is 1. The molecule has 17 heavy (non-hydrogen) atoms. The first-order chi connectivity index (χ1) is 8.24. The van der Waals surface area contributed by atoms with Gasteiger partial charge in [0.05, 0.1) is 6.54 Å². The molecule has 0 saturated carbocycles. The normalized spacial score (nSPS) is 10.0. The molecule has 0 aromatic heterocycles. The first-order valence-corrected chi connectivity index (χ1v) is 6.56. The zero-order valence-electron chi connectivity index (χ0n) is 9.83. The topological polar surface area (TPSA) is 50.4 Å². The molecule has 0 spiro atoms. The number of rotatable bonds is 7. The number of anilines is 1. The van der Waals surface area contributed by atoms with E-state index < -0.39 is 0 Å². The molecule has 0 radical (unpaired) electrons. The molecule has 0 aliphatic heterocycles. The number of nitrogens with one attached hydrogen (secondary N) is 2. The van der Waals surface area contributed by atoms with Crippen molar-refractivity contribution in [1.29, 1.82) is 0 Å². The number of methoxy groups -OCH3 is 1. The number of halogens is 1. The highest BCUT2D eigenvalue weighted by atomic mass is 127. The SMILES string of the molecule is COCCCNC(=O)CNc1ccccc1I. The number of ether oxygens (including phenoxy) is 1. The fourth-order valence-corrected chi connectivity index (χ4v) is 1.86. The van der Waals surface area contributed by atoms with Crippen LogP contribution >= 0.6 is 22.6 Å². The molecular weight excluding hydrogens is 331 g/mol. The van der Waals surface area contributed by atoms with Crippen molar-refractivity contribution in [3.8, 4) is 0 Å². The highest BCUT2D eigenvalue weighted by Gasteiger charge is 2.02. The number of hydrogen-bond donors (Lipinski definition) is 2. The van der Waals surface area contributed by atoms with Gasteiger partial charge >= 0.3 is 0 Å². The van der Waals surface area contributed by atoms with Crippen molar-refractivity contribution in [2.24, 2.45) is 0 Å². The van der Waals surface area contributed by atoms with Crippen LogP contribution in [0.15, 0.2) is 24.3 Å². The predicted octanol–water partition coefficient (Wildman–Crippen LogP) is 1.86. The number of benzene rings is 1. The first kappa shape index (κ1) is 14.2. The number of carbonyl (C=O) groups excluding carboxylic acids is 1. The second kappa shape index (κ2) is 8.30. The van der Waals surface area contributed by atoms with Crippen LogP contribution in [0.25, 0.3) is 0 Å². The highest BCUT2D eigenvalue weighted by Crippen LogP contribution is 2.16. The summed E-state index contributed by atoms with van der Waals surface area (Å²) >= 11 is 2.24. The van der Waals surface area contributed by atoms with Crippen LogP contribution in [0.3, 0.4) is 0 Å². The molecule has 4 nitrogen and oxygen atoms in total. The fraction of sp³-hybridized carbons (Fsp3) is 0.417. The molecule has 5 heteroatoms. The predicted molar refractivity (Wildman–Crippen MR) is 77.2 cm³/mol. The van der Waals surface area contributed by atoms with Gasteiger partial charge in [0, 0.05) is 29.5 Å². The Balaban J connectivity index is 2.22. The Morgan fingerprint density at radius 1 is 1.41 bits per heavy atom. The van der Waals surface area contributed by atoms with Gasteiger partial charge in [-0.3, -0.25) is 4.79 Å². The molecule has 0 bridgehead atoms. The van der Waals surface area contributed by atoms with Crippen molar-refractivity contribution in [1.82, 2.24) is 5.32 Å². The Morgan fingerprint density at radius 3 is 2.88 bits per heavy atom. The Hall–Kier alpha value is -0.820. The zero-order valence-corrected chi connectivity index (χ0v) is 12.0. The lowest BCUT2D eigenvalue weighted by Crippen LogP contribution is -2.31. The molecule has 1 amide bonds. The number of hydrogen-bond acceptors (Lipinski definition) is 3. The maximum absolute atomic E-state index is 11.5. The Morgan fingerprint density at radius 2 is 2.18 bits per heavy atom. The lowest BCUT2D eigenvalue weighted by atomic mass is 10.3. The third-order valence-electron chi connectivity index (χ3n) is 2.16. The third kappa shape index (κ3) is 5.88. The van der Waals surface area contributed by atoms with E-state index in [0.29, 0.717) is 19.7 Å². The van der Waals surface area contributed by atoms with Crippen molar-refractivity contribution < 1.29 is 9.53 Å². The molecule has 0 fully saturated rings. The Kier molecular flexibility index (Phi) is 6.95. The zero-order chi connectivity index (χ0) is 12.5. The summed E-state index contributed by atoms with van der Waals surface area (Å²) in [4.78, 5) is 11.5. The first-order valence-electron chi connectivity index (χ1n) is 5.48. The summed E-state index contributed by atoms with van der Waals surface area (Å²) in [6.45, 7) is 1.62. The second-order valence-corrected chi connectivity index (χ2v) is 4.69. The van der Waals surface area contributed by atoms with Gasteiger partial charge in [-0.15, -0.1) is 0 Å². The second-order valence-electron chi connectivity index (χ2n) is 3.53. The average molecular weight is 348 g/mol. The lowest BCUT2D eigenvalue weighted by molar-refractivity contribution is -0.119. The van der Waals surface area contributed by atoms with Crippen molar-refractivity contribution in [2.45, 2.75) is 6.42 Å². The average Bonchev–Trinajstić information content (AvgIpc) is 2.34. The molecule has 94 valence electrons. The van der Waals surface area contributed by atoms with Crippen molar-refractivity contribution in [2.75, 3.05) is 32.1 Å². The van der Waals surface area contributed by atoms with Crippen LogP contribution in [0.5, 0.6) is 0 Å². The van der Waals surface area contributed by atoms with Gasteiger partial charge in [0.25, 0.3) is 0 Å². The van der Waals surface area contributed by atoms with E-state index in [0.717, 1.165) is 15.7 Å². The van der Waals surface area contributed by atoms with Crippen molar-refractivity contribution in [3.05, 3.63) is 27.8 Å². The van der Waals surface area contributed by atoms with E-state index >= 15 is 0 Å². The van der Waals surface area contributed by atoms with Gasteiger partial charge in [-0.25, -0.2) is 0 Å². The maximum atomic E-state index is 11.5. The molecule has 0 unspecified atom stereocenters. The molecular formula is C12H17IN2O2. The monoisotopic (exact) mass is 348 g/mol. The summed E-state index contributed by atoms with van der Waals surface area (Å²) in [7, 11) is 1.65. The van der Waals surface area contributed by atoms with Crippen molar-refractivity contribution in [3.63, 3.8) is 0 Å². The van der Waals surface area contributed by atoms with Crippen molar-refractivity contribution >= 4 is 34.2 Å². The molecule has 0 saturated heterocycles. The molecule has 0 aliphatic carbocycles. The molecule has 0 aliphatic rings. The van der Waals surface area contributed by atoms with E-state index in [4.69, 9.17) is 4.74 Å². The molecule has 0 heterocycles. The fourth-order valence-electron chi connectivity index (χ4n) is 1.29. The maximum Gasteiger partial charge on any atom is 0.239 e. The minimum Gasteiger partial charge on any atom is -0.385 e. The number of para-hydroxylation sites is 1. The molecule has 1 rings (SSSR count). The van der Waals surface area contributed by atoms with Crippen LogP contribution in [0.1, 0.15) is 6.42 Å². The van der Waals surface area contributed by atoms with E-state index in [1.807, 2.05) is 24.3 Å². The van der Waals surface area contributed by atoms with Crippen LogP contribution in [-0.2, 0) is 9.53 Å². The smallest absolute Gasteiger partial charge is 0.239 e. The van der Waals surface area contributed by atoms with E-state index in [9.17, 15) is 4.79 Å². The standard InChI is InChI=1S/C12H17IN2O2/c1-17-8-4-7-14-12(16)9-15-11-6-3-2-5-10(11)13/h2-3,5-6,15H,4,7-9H2,1H3,(H,14,16). The summed E-state index contributed by atoms with van der Waals surface area (Å²) < 4.78 is 6.01. The summed E-state index contributed by atoms with van der Waals surface area (Å²) in [5.74, 6) is 0.000700. The van der Waals surface area contributed by atoms with E-state index in [1.54, 1.807) is 7.11 Å². The molecule has 1 aromatic rings. The van der Waals surface area contributed by atoms with Gasteiger partial charge in [0.15, 0.2) is 0 Å². The van der Waals surface area contributed by atoms with Gasteiger partial charge in [0.1, 0.15) is 0 Å². The van der Waals surface area contributed by atoms with E-state index in [2.05, 4.69) is 33.2 Å². The summed E-state index contributed by atoms with van der Waals surface area (Å²) in [5.41, 5.74) is 0.986. The van der Waals surface area contributed by atoms with Crippen LogP contribution in [-0.4, -0.2) is 32.7 Å². The van der Waals surface area contributed by atoms with E-state index in [-0.39, 0.29) is 5.91 Å². The van der Waals surface area contributed by atoms with Gasteiger partial charge in [-0.2, -0.15) is 0 Å². The van der Waals surface area contributed by atoms with Crippen LogP contribution < -0.4 is 10.6 Å². The van der Waals surface area contributed by atoms with Gasteiger partial charge in [-0.1, -0.05) is 12.1 Å². The molecule has 2 N–H and O–H groups in total. The van der Waals surface area contributed by atoms with Crippen LogP contribution in [0, 0.1) is 3.57 Å². The minimum absolute atomic E-state index is 0.000700. The summed E-state index contributed by atoms with van der Waals surface area (Å²) in [5, 5.41) is 5.93. The lowest BCUT2D eigenvalue weighted by Gasteiger charge is -2.08. The Bertz CT molecular complexity index is 358.